The summed E-state index contributed by atoms with van der Waals surface area (Å²) in [5.41, 5.74) is 0. The van der Waals surface area contributed by atoms with Crippen molar-refractivity contribution in [3.63, 3.8) is 0 Å². The molecule has 0 heterocycles. The van der Waals surface area contributed by atoms with E-state index >= 15 is 0 Å². The predicted molar refractivity (Wildman–Crippen MR) is 82.8 cm³/mol. The molecule has 1 aliphatic carbocycles. The molecule has 1 aliphatic rings. The fraction of sp³-hybridized carbons (Fsp3) is 0.867. The van der Waals surface area contributed by atoms with Crippen molar-refractivity contribution in [3.8, 4) is 0 Å². The molecule has 0 radical (unpaired) electrons. The van der Waals surface area contributed by atoms with Crippen LogP contribution in [0.4, 0.5) is 0 Å². The highest BCUT2D eigenvalue weighted by Gasteiger charge is 2.45. The summed E-state index contributed by atoms with van der Waals surface area (Å²) in [4.78, 5) is 22.9. The second-order valence-electron chi connectivity index (χ2n) is 5.69. The fourth-order valence-corrected chi connectivity index (χ4v) is 4.83. The number of thioether (sulfide) groups is 1. The van der Waals surface area contributed by atoms with Crippen molar-refractivity contribution in [2.45, 2.75) is 57.7 Å². The molecule has 116 valence electrons. The lowest BCUT2D eigenvalue weighted by Crippen LogP contribution is -2.47. The van der Waals surface area contributed by atoms with Crippen LogP contribution in [-0.4, -0.2) is 34.5 Å². The van der Waals surface area contributed by atoms with Gasteiger partial charge in [0.1, 0.15) is 0 Å². The number of carbonyl (C=O) groups is 2. The van der Waals surface area contributed by atoms with Crippen molar-refractivity contribution in [3.05, 3.63) is 0 Å². The number of hydrogen-bond acceptors (Lipinski definition) is 3. The highest BCUT2D eigenvalue weighted by molar-refractivity contribution is 7.99. The summed E-state index contributed by atoms with van der Waals surface area (Å²) in [5, 5.41) is 12.6. The summed E-state index contributed by atoms with van der Waals surface area (Å²) in [6, 6.07) is 0.101. The first-order chi connectivity index (χ1) is 9.46. The van der Waals surface area contributed by atoms with Crippen LogP contribution in [0.5, 0.6) is 0 Å². The molecule has 0 bridgehead atoms. The molecule has 0 aliphatic heterocycles. The maximum Gasteiger partial charge on any atom is 0.307 e. The van der Waals surface area contributed by atoms with Gasteiger partial charge in [-0.2, -0.15) is 11.8 Å². The number of nitrogens with one attached hydrogen (secondary N) is 1. The number of rotatable bonds is 7. The van der Waals surface area contributed by atoms with Crippen LogP contribution in [-0.2, 0) is 9.59 Å². The van der Waals surface area contributed by atoms with Crippen LogP contribution in [0.1, 0.15) is 46.5 Å². The maximum atomic E-state index is 11.5. The molecule has 1 saturated carbocycles. The van der Waals surface area contributed by atoms with E-state index in [1.54, 1.807) is 18.7 Å². The van der Waals surface area contributed by atoms with E-state index in [1.165, 1.54) is 0 Å². The van der Waals surface area contributed by atoms with Crippen molar-refractivity contribution in [2.24, 2.45) is 17.8 Å². The van der Waals surface area contributed by atoms with Crippen LogP contribution in [0.25, 0.3) is 0 Å². The van der Waals surface area contributed by atoms with Gasteiger partial charge in [0, 0.05) is 18.2 Å². The first-order valence-electron chi connectivity index (χ1n) is 7.48. The van der Waals surface area contributed by atoms with E-state index in [1.807, 2.05) is 6.26 Å². The van der Waals surface area contributed by atoms with Gasteiger partial charge in [-0.15, -0.1) is 0 Å². The van der Waals surface area contributed by atoms with Crippen LogP contribution in [0.2, 0.25) is 0 Å². The Balaban J connectivity index is 2.94. The molecule has 1 rings (SSSR count). The molecular formula is C15H27NO3S. The Morgan fingerprint density at radius 2 is 1.90 bits per heavy atom. The van der Waals surface area contributed by atoms with Gasteiger partial charge in [-0.25, -0.2) is 0 Å². The molecule has 4 nitrogen and oxygen atoms in total. The van der Waals surface area contributed by atoms with Gasteiger partial charge in [-0.1, -0.05) is 26.7 Å². The lowest BCUT2D eigenvalue weighted by Gasteiger charge is -2.34. The standard InChI is InChI=1S/C15H27NO3S/c1-5-10(6-2)13(16-9(3)17)11-7-8-12(15(18)19)14(11)20-4/h10-14H,5-8H2,1-4H3,(H,16,17)(H,18,19)/t11-,12+,13-,14+/m1/s1. The van der Waals surface area contributed by atoms with E-state index in [0.29, 0.717) is 5.92 Å². The molecule has 5 heteroatoms. The third-order valence-electron chi connectivity index (χ3n) is 4.61. The molecule has 4 atom stereocenters. The number of carbonyl (C=O) groups excluding carboxylic acids is 1. The zero-order valence-electron chi connectivity index (χ0n) is 12.9. The van der Waals surface area contributed by atoms with Gasteiger partial charge in [-0.3, -0.25) is 9.59 Å². The third-order valence-corrected chi connectivity index (χ3v) is 5.83. The fourth-order valence-electron chi connectivity index (χ4n) is 3.59. The molecule has 0 spiro atoms. The van der Waals surface area contributed by atoms with Crippen molar-refractivity contribution >= 4 is 23.6 Å². The van der Waals surface area contributed by atoms with Crippen molar-refractivity contribution < 1.29 is 14.7 Å². The van der Waals surface area contributed by atoms with Gasteiger partial charge >= 0.3 is 5.97 Å². The molecule has 0 aromatic carbocycles. The smallest absolute Gasteiger partial charge is 0.307 e. The summed E-state index contributed by atoms with van der Waals surface area (Å²) in [6.45, 7) is 5.83. The van der Waals surface area contributed by atoms with Crippen molar-refractivity contribution in [2.75, 3.05) is 6.26 Å². The molecule has 0 saturated heterocycles. The summed E-state index contributed by atoms with van der Waals surface area (Å²) in [7, 11) is 0. The second-order valence-corrected chi connectivity index (χ2v) is 6.70. The van der Waals surface area contributed by atoms with Gasteiger partial charge in [-0.05, 0) is 30.9 Å². The normalized spacial score (nSPS) is 27.6. The van der Waals surface area contributed by atoms with E-state index in [9.17, 15) is 14.7 Å². The van der Waals surface area contributed by atoms with Crippen LogP contribution >= 0.6 is 11.8 Å². The number of carboxylic acid groups (broad SMARTS) is 1. The zero-order chi connectivity index (χ0) is 15.3. The minimum absolute atomic E-state index is 0.0134. The molecule has 0 aromatic rings. The van der Waals surface area contributed by atoms with E-state index in [0.717, 1.165) is 25.7 Å². The minimum atomic E-state index is -0.696. The number of aliphatic carboxylic acids is 1. The molecule has 20 heavy (non-hydrogen) atoms. The average Bonchev–Trinajstić information content (AvgIpc) is 2.82. The maximum absolute atomic E-state index is 11.5. The molecule has 1 amide bonds. The van der Waals surface area contributed by atoms with E-state index in [4.69, 9.17) is 0 Å². The Bertz CT molecular complexity index is 344. The van der Waals surface area contributed by atoms with E-state index in [2.05, 4.69) is 19.2 Å². The molecule has 2 N–H and O–H groups in total. The van der Waals surface area contributed by atoms with E-state index in [-0.39, 0.29) is 29.0 Å². The van der Waals surface area contributed by atoms with Crippen LogP contribution in [0, 0.1) is 17.8 Å². The van der Waals surface area contributed by atoms with Crippen LogP contribution < -0.4 is 5.32 Å². The summed E-state index contributed by atoms with van der Waals surface area (Å²) in [6.07, 6.45) is 5.62. The zero-order valence-corrected chi connectivity index (χ0v) is 13.7. The highest BCUT2D eigenvalue weighted by Crippen LogP contribution is 2.43. The minimum Gasteiger partial charge on any atom is -0.481 e. The summed E-state index contributed by atoms with van der Waals surface area (Å²) >= 11 is 1.64. The SMILES string of the molecule is CCC(CC)[C@@H](NC(C)=O)[C@H]1CC[C@H](C(=O)O)[C@H]1SC. The molecule has 0 aromatic heterocycles. The van der Waals surface area contributed by atoms with Gasteiger partial charge in [0.05, 0.1) is 5.92 Å². The van der Waals surface area contributed by atoms with Crippen molar-refractivity contribution in [1.82, 2.24) is 5.32 Å². The number of amides is 1. The Morgan fingerprint density at radius 3 is 2.30 bits per heavy atom. The number of hydrogen-bond donors (Lipinski definition) is 2. The summed E-state index contributed by atoms with van der Waals surface area (Å²) < 4.78 is 0. The number of carboxylic acids is 1. The lowest BCUT2D eigenvalue weighted by atomic mass is 9.83. The quantitative estimate of drug-likeness (QED) is 0.759. The Labute approximate surface area is 126 Å². The summed E-state index contributed by atoms with van der Waals surface area (Å²) in [5.74, 6) is -0.301. The highest BCUT2D eigenvalue weighted by atomic mass is 32.2. The van der Waals surface area contributed by atoms with E-state index < -0.39 is 5.97 Å². The van der Waals surface area contributed by atoms with Crippen LogP contribution in [0.15, 0.2) is 0 Å². The van der Waals surface area contributed by atoms with Gasteiger partial charge in [0.15, 0.2) is 0 Å². The van der Waals surface area contributed by atoms with Crippen molar-refractivity contribution in [1.29, 1.82) is 0 Å². The Hall–Kier alpha value is -0.710. The topological polar surface area (TPSA) is 66.4 Å². The third kappa shape index (κ3) is 3.90. The Kier molecular flexibility index (Phi) is 6.86. The van der Waals surface area contributed by atoms with Gasteiger partial charge in [0.25, 0.3) is 0 Å². The average molecular weight is 301 g/mol. The largest absolute Gasteiger partial charge is 0.481 e. The predicted octanol–water partition coefficient (Wildman–Crippen LogP) is 2.77. The molecule has 1 fully saturated rings. The molecular weight excluding hydrogens is 274 g/mol. The lowest BCUT2D eigenvalue weighted by molar-refractivity contribution is -0.141. The first-order valence-corrected chi connectivity index (χ1v) is 8.77. The van der Waals surface area contributed by atoms with Gasteiger partial charge in [0.2, 0.25) is 5.91 Å². The molecule has 0 unspecified atom stereocenters. The van der Waals surface area contributed by atoms with Gasteiger partial charge < -0.3 is 10.4 Å². The first kappa shape index (κ1) is 17.3. The Morgan fingerprint density at radius 1 is 1.30 bits per heavy atom. The van der Waals surface area contributed by atoms with Crippen LogP contribution in [0.3, 0.4) is 0 Å². The monoisotopic (exact) mass is 301 g/mol. The second kappa shape index (κ2) is 7.91.